The molecule has 1 atom stereocenters. The SMILES string of the molecule is COc1ccccc1N1CCN(c2ncc3c(n2)C[C@@H](c2ccc(Cl)cc2)CC3=O)CC1. The molecule has 32 heavy (non-hydrogen) atoms. The molecule has 3 aromatic rings. The van der Waals surface area contributed by atoms with Crippen molar-refractivity contribution in [3.05, 3.63) is 76.6 Å². The number of fused-ring (bicyclic) bond motifs is 1. The maximum Gasteiger partial charge on any atom is 0.225 e. The van der Waals surface area contributed by atoms with Crippen molar-refractivity contribution in [2.45, 2.75) is 18.8 Å². The minimum atomic E-state index is 0.110. The van der Waals surface area contributed by atoms with Crippen LogP contribution in [0.2, 0.25) is 5.02 Å². The number of halogens is 1. The fourth-order valence-electron chi connectivity index (χ4n) is 4.60. The van der Waals surface area contributed by atoms with Gasteiger partial charge in [0.25, 0.3) is 0 Å². The Hall–Kier alpha value is -3.12. The lowest BCUT2D eigenvalue weighted by Gasteiger charge is -2.37. The molecule has 1 aliphatic carbocycles. The highest BCUT2D eigenvalue weighted by Gasteiger charge is 2.29. The summed E-state index contributed by atoms with van der Waals surface area (Å²) in [6.07, 6.45) is 2.93. The second-order valence-corrected chi connectivity index (χ2v) is 8.69. The lowest BCUT2D eigenvalue weighted by molar-refractivity contribution is 0.0962. The van der Waals surface area contributed by atoms with Crippen molar-refractivity contribution < 1.29 is 9.53 Å². The topological polar surface area (TPSA) is 58.6 Å². The molecule has 2 aliphatic rings. The molecule has 0 radical (unpaired) electrons. The van der Waals surface area contributed by atoms with E-state index < -0.39 is 0 Å². The highest BCUT2D eigenvalue weighted by Crippen LogP contribution is 2.33. The Balaban J connectivity index is 1.32. The Morgan fingerprint density at radius 2 is 1.69 bits per heavy atom. The number of carbonyl (C=O) groups is 1. The first-order valence-corrected chi connectivity index (χ1v) is 11.3. The Bertz CT molecular complexity index is 1130. The van der Waals surface area contributed by atoms with Crippen LogP contribution in [0.3, 0.4) is 0 Å². The first kappa shape index (κ1) is 20.8. The third kappa shape index (κ3) is 4.02. The zero-order valence-electron chi connectivity index (χ0n) is 18.0. The largest absolute Gasteiger partial charge is 0.495 e. The van der Waals surface area contributed by atoms with Gasteiger partial charge in [0.1, 0.15) is 5.75 Å². The number of piperazine rings is 1. The number of ether oxygens (including phenoxy) is 1. The fourth-order valence-corrected chi connectivity index (χ4v) is 4.72. The Kier molecular flexibility index (Phi) is 5.70. The summed E-state index contributed by atoms with van der Waals surface area (Å²) in [5, 5.41) is 0.702. The normalized spacial score (nSPS) is 18.4. The molecule has 5 rings (SSSR count). The van der Waals surface area contributed by atoms with E-state index in [0.29, 0.717) is 23.0 Å². The minimum absolute atomic E-state index is 0.110. The molecule has 1 saturated heterocycles. The number of aromatic nitrogens is 2. The van der Waals surface area contributed by atoms with E-state index in [2.05, 4.69) is 20.9 Å². The van der Waals surface area contributed by atoms with Crippen LogP contribution in [0, 0.1) is 0 Å². The van der Waals surface area contributed by atoms with Crippen LogP contribution in [0.5, 0.6) is 5.75 Å². The second-order valence-electron chi connectivity index (χ2n) is 8.26. The van der Waals surface area contributed by atoms with Gasteiger partial charge in [-0.3, -0.25) is 4.79 Å². The van der Waals surface area contributed by atoms with Gasteiger partial charge in [0.15, 0.2) is 5.78 Å². The summed E-state index contributed by atoms with van der Waals surface area (Å²) in [7, 11) is 1.70. The molecule has 1 fully saturated rings. The summed E-state index contributed by atoms with van der Waals surface area (Å²) < 4.78 is 5.52. The van der Waals surface area contributed by atoms with Gasteiger partial charge in [-0.15, -0.1) is 0 Å². The van der Waals surface area contributed by atoms with Crippen molar-refractivity contribution in [3.8, 4) is 5.75 Å². The quantitative estimate of drug-likeness (QED) is 0.590. The lowest BCUT2D eigenvalue weighted by Crippen LogP contribution is -2.47. The number of hydrogen-bond donors (Lipinski definition) is 0. The van der Waals surface area contributed by atoms with Crippen molar-refractivity contribution in [1.82, 2.24) is 9.97 Å². The summed E-state index contributed by atoms with van der Waals surface area (Å²) in [4.78, 5) is 26.6. The molecule has 7 heteroatoms. The Morgan fingerprint density at radius 1 is 0.969 bits per heavy atom. The molecule has 164 valence electrons. The number of para-hydroxylation sites is 2. The monoisotopic (exact) mass is 448 g/mol. The number of Topliss-reactive ketones (excluding diaryl/α,β-unsaturated/α-hetero) is 1. The van der Waals surface area contributed by atoms with Crippen LogP contribution < -0.4 is 14.5 Å². The third-order valence-electron chi connectivity index (χ3n) is 6.36. The first-order chi connectivity index (χ1) is 15.6. The van der Waals surface area contributed by atoms with E-state index in [4.69, 9.17) is 21.3 Å². The van der Waals surface area contributed by atoms with E-state index >= 15 is 0 Å². The average Bonchev–Trinajstić information content (AvgIpc) is 2.84. The Labute approximate surface area is 192 Å². The zero-order valence-corrected chi connectivity index (χ0v) is 18.8. The van der Waals surface area contributed by atoms with Crippen LogP contribution in [0.25, 0.3) is 0 Å². The molecule has 0 bridgehead atoms. The van der Waals surface area contributed by atoms with Gasteiger partial charge in [-0.2, -0.15) is 0 Å². The molecule has 6 nitrogen and oxygen atoms in total. The summed E-state index contributed by atoms with van der Waals surface area (Å²) >= 11 is 6.03. The number of methoxy groups -OCH3 is 1. The molecule has 1 aromatic heterocycles. The van der Waals surface area contributed by atoms with Gasteiger partial charge in [0.2, 0.25) is 5.95 Å². The maximum atomic E-state index is 12.7. The second kappa shape index (κ2) is 8.79. The molecular formula is C25H25ClN4O2. The number of ketones is 1. The van der Waals surface area contributed by atoms with E-state index in [9.17, 15) is 4.79 Å². The van der Waals surface area contributed by atoms with Crippen molar-refractivity contribution >= 4 is 29.0 Å². The van der Waals surface area contributed by atoms with Crippen LogP contribution in [-0.2, 0) is 6.42 Å². The van der Waals surface area contributed by atoms with Crippen molar-refractivity contribution in [2.75, 3.05) is 43.1 Å². The van der Waals surface area contributed by atoms with Gasteiger partial charge < -0.3 is 14.5 Å². The van der Waals surface area contributed by atoms with Crippen molar-refractivity contribution in [3.63, 3.8) is 0 Å². The summed E-state index contributed by atoms with van der Waals surface area (Å²) in [6.45, 7) is 3.33. The van der Waals surface area contributed by atoms with Crippen LogP contribution in [-0.4, -0.2) is 49.0 Å². The summed E-state index contributed by atoms with van der Waals surface area (Å²) in [5.41, 5.74) is 3.74. The first-order valence-electron chi connectivity index (χ1n) is 10.9. The van der Waals surface area contributed by atoms with E-state index in [1.807, 2.05) is 42.5 Å². The van der Waals surface area contributed by atoms with Crippen molar-refractivity contribution in [1.29, 1.82) is 0 Å². The molecule has 0 N–H and O–H groups in total. The smallest absolute Gasteiger partial charge is 0.225 e. The highest BCUT2D eigenvalue weighted by molar-refractivity contribution is 6.30. The number of benzene rings is 2. The summed E-state index contributed by atoms with van der Waals surface area (Å²) in [6, 6.07) is 15.9. The van der Waals surface area contributed by atoms with Gasteiger partial charge >= 0.3 is 0 Å². The van der Waals surface area contributed by atoms with E-state index in [1.165, 1.54) is 0 Å². The Morgan fingerprint density at radius 3 is 2.44 bits per heavy atom. The average molecular weight is 449 g/mol. The van der Waals surface area contributed by atoms with Crippen LogP contribution in [0.4, 0.5) is 11.6 Å². The predicted octanol–water partition coefficient (Wildman–Crippen LogP) is 4.38. The van der Waals surface area contributed by atoms with Gasteiger partial charge in [-0.25, -0.2) is 9.97 Å². The van der Waals surface area contributed by atoms with Crippen LogP contribution in [0.1, 0.15) is 34.0 Å². The predicted molar refractivity (Wildman–Crippen MR) is 126 cm³/mol. The highest BCUT2D eigenvalue weighted by atomic mass is 35.5. The molecular weight excluding hydrogens is 424 g/mol. The lowest BCUT2D eigenvalue weighted by atomic mass is 9.82. The van der Waals surface area contributed by atoms with Crippen molar-refractivity contribution in [2.24, 2.45) is 0 Å². The summed E-state index contributed by atoms with van der Waals surface area (Å²) in [5.74, 6) is 1.82. The fraction of sp³-hybridized carbons (Fsp3) is 0.320. The molecule has 0 unspecified atom stereocenters. The van der Waals surface area contributed by atoms with E-state index in [-0.39, 0.29) is 11.7 Å². The molecule has 2 aromatic carbocycles. The van der Waals surface area contributed by atoms with E-state index in [1.54, 1.807) is 13.3 Å². The van der Waals surface area contributed by atoms with Gasteiger partial charge in [0.05, 0.1) is 24.1 Å². The van der Waals surface area contributed by atoms with Gasteiger partial charge in [0, 0.05) is 43.8 Å². The molecule has 0 saturated carbocycles. The maximum absolute atomic E-state index is 12.7. The number of rotatable bonds is 4. The van der Waals surface area contributed by atoms with E-state index in [0.717, 1.165) is 55.3 Å². The number of anilines is 2. The molecule has 1 aliphatic heterocycles. The van der Waals surface area contributed by atoms with Crippen LogP contribution >= 0.6 is 11.6 Å². The van der Waals surface area contributed by atoms with Crippen LogP contribution in [0.15, 0.2) is 54.7 Å². The number of hydrogen-bond acceptors (Lipinski definition) is 6. The molecule has 0 amide bonds. The number of nitrogens with zero attached hydrogens (tertiary/aromatic N) is 4. The zero-order chi connectivity index (χ0) is 22.1. The number of carbonyl (C=O) groups excluding carboxylic acids is 1. The third-order valence-corrected chi connectivity index (χ3v) is 6.61. The standard InChI is InChI=1S/C25H25ClN4O2/c1-32-24-5-3-2-4-22(24)29-10-12-30(13-11-29)25-27-16-20-21(28-25)14-18(15-23(20)31)17-6-8-19(26)9-7-17/h2-9,16,18H,10-15H2,1H3/t18-/m1/s1. The molecule has 2 heterocycles. The van der Waals surface area contributed by atoms with Gasteiger partial charge in [-0.1, -0.05) is 35.9 Å². The minimum Gasteiger partial charge on any atom is -0.495 e. The van der Waals surface area contributed by atoms with Gasteiger partial charge in [-0.05, 0) is 42.2 Å². The molecule has 0 spiro atoms.